The fourth-order valence-electron chi connectivity index (χ4n) is 1.76. The lowest BCUT2D eigenvalue weighted by Crippen LogP contribution is -2.18. The van der Waals surface area contributed by atoms with E-state index in [9.17, 15) is 0 Å². The van der Waals surface area contributed by atoms with Crippen molar-refractivity contribution in [3.8, 4) is 0 Å². The van der Waals surface area contributed by atoms with E-state index in [0.717, 1.165) is 19.7 Å². The second kappa shape index (κ2) is 8.00. The monoisotopic (exact) mass is 273 g/mol. The molecule has 0 saturated heterocycles. The van der Waals surface area contributed by atoms with Gasteiger partial charge in [-0.3, -0.25) is 0 Å². The van der Waals surface area contributed by atoms with Crippen LogP contribution < -0.4 is 5.32 Å². The topological polar surface area (TPSA) is 21.3 Å². The average molecular weight is 273 g/mol. The molecule has 0 spiro atoms. The van der Waals surface area contributed by atoms with Gasteiger partial charge in [-0.15, -0.1) is 0 Å². The highest BCUT2D eigenvalue weighted by Gasteiger charge is 2.03. The summed E-state index contributed by atoms with van der Waals surface area (Å²) in [6, 6.07) is 19.0. The van der Waals surface area contributed by atoms with Crippen LogP contribution in [0.2, 0.25) is 0 Å². The van der Waals surface area contributed by atoms with Crippen molar-refractivity contribution >= 4 is 11.8 Å². The SMILES string of the molecule is COCCNCc1ccccc1Sc1ccccc1. The van der Waals surface area contributed by atoms with E-state index >= 15 is 0 Å². The largest absolute Gasteiger partial charge is 0.383 e. The van der Waals surface area contributed by atoms with Crippen molar-refractivity contribution in [3.63, 3.8) is 0 Å². The van der Waals surface area contributed by atoms with Crippen molar-refractivity contribution in [3.05, 3.63) is 60.2 Å². The molecule has 0 atom stereocenters. The van der Waals surface area contributed by atoms with Crippen LogP contribution in [0, 0.1) is 0 Å². The van der Waals surface area contributed by atoms with E-state index in [1.807, 2.05) is 6.07 Å². The molecule has 0 fully saturated rings. The van der Waals surface area contributed by atoms with Crippen LogP contribution in [-0.4, -0.2) is 20.3 Å². The summed E-state index contributed by atoms with van der Waals surface area (Å²) in [5.41, 5.74) is 1.33. The Morgan fingerprint density at radius 1 is 1.00 bits per heavy atom. The van der Waals surface area contributed by atoms with Crippen LogP contribution in [0.3, 0.4) is 0 Å². The molecule has 0 aromatic heterocycles. The third-order valence-electron chi connectivity index (χ3n) is 2.74. The van der Waals surface area contributed by atoms with Crippen molar-refractivity contribution in [1.29, 1.82) is 0 Å². The summed E-state index contributed by atoms with van der Waals surface area (Å²) in [7, 11) is 1.72. The first-order valence-electron chi connectivity index (χ1n) is 6.40. The van der Waals surface area contributed by atoms with Crippen LogP contribution in [0.5, 0.6) is 0 Å². The van der Waals surface area contributed by atoms with Gasteiger partial charge in [0.2, 0.25) is 0 Å². The van der Waals surface area contributed by atoms with Crippen LogP contribution in [0.1, 0.15) is 5.56 Å². The first kappa shape index (κ1) is 14.1. The highest BCUT2D eigenvalue weighted by atomic mass is 32.2. The molecule has 0 aliphatic heterocycles. The number of methoxy groups -OCH3 is 1. The minimum absolute atomic E-state index is 0.744. The minimum atomic E-state index is 0.744. The summed E-state index contributed by atoms with van der Waals surface area (Å²) in [6.07, 6.45) is 0. The van der Waals surface area contributed by atoms with Crippen LogP contribution in [-0.2, 0) is 11.3 Å². The van der Waals surface area contributed by atoms with E-state index in [4.69, 9.17) is 4.74 Å². The Morgan fingerprint density at radius 3 is 2.53 bits per heavy atom. The molecule has 0 unspecified atom stereocenters. The number of rotatable bonds is 7. The van der Waals surface area contributed by atoms with Gasteiger partial charge in [0.15, 0.2) is 0 Å². The van der Waals surface area contributed by atoms with Gasteiger partial charge in [0.25, 0.3) is 0 Å². The van der Waals surface area contributed by atoms with Gasteiger partial charge in [-0.05, 0) is 23.8 Å². The molecule has 0 bridgehead atoms. The van der Waals surface area contributed by atoms with Crippen LogP contribution in [0.4, 0.5) is 0 Å². The molecule has 2 aromatic carbocycles. The Kier molecular flexibility index (Phi) is 5.95. The molecule has 100 valence electrons. The van der Waals surface area contributed by atoms with Crippen molar-refractivity contribution in [2.24, 2.45) is 0 Å². The van der Waals surface area contributed by atoms with Gasteiger partial charge in [0.1, 0.15) is 0 Å². The Labute approximate surface area is 119 Å². The molecule has 2 nitrogen and oxygen atoms in total. The Hall–Kier alpha value is -1.29. The molecule has 0 radical (unpaired) electrons. The molecular weight excluding hydrogens is 254 g/mol. The van der Waals surface area contributed by atoms with E-state index in [1.54, 1.807) is 18.9 Å². The number of nitrogens with one attached hydrogen (secondary N) is 1. The molecule has 2 rings (SSSR count). The number of ether oxygens (including phenoxy) is 1. The molecule has 0 amide bonds. The maximum absolute atomic E-state index is 5.04. The minimum Gasteiger partial charge on any atom is -0.383 e. The highest BCUT2D eigenvalue weighted by molar-refractivity contribution is 7.99. The summed E-state index contributed by atoms with van der Waals surface area (Å²) in [6.45, 7) is 2.49. The molecule has 1 N–H and O–H groups in total. The van der Waals surface area contributed by atoms with Crippen LogP contribution in [0.15, 0.2) is 64.4 Å². The lowest BCUT2D eigenvalue weighted by Gasteiger charge is -2.10. The summed E-state index contributed by atoms with van der Waals surface area (Å²) < 4.78 is 5.04. The second-order valence-electron chi connectivity index (χ2n) is 4.19. The normalized spacial score (nSPS) is 10.6. The summed E-state index contributed by atoms with van der Waals surface area (Å²) in [5, 5.41) is 3.39. The van der Waals surface area contributed by atoms with E-state index in [-0.39, 0.29) is 0 Å². The maximum atomic E-state index is 5.04. The molecule has 0 heterocycles. The van der Waals surface area contributed by atoms with E-state index < -0.39 is 0 Å². The van der Waals surface area contributed by atoms with E-state index in [2.05, 4.69) is 53.8 Å². The Balaban J connectivity index is 2.00. The van der Waals surface area contributed by atoms with Crippen molar-refractivity contribution in [2.75, 3.05) is 20.3 Å². The molecule has 0 aliphatic carbocycles. The zero-order valence-electron chi connectivity index (χ0n) is 11.1. The van der Waals surface area contributed by atoms with E-state index in [0.29, 0.717) is 0 Å². The van der Waals surface area contributed by atoms with Gasteiger partial charge < -0.3 is 10.1 Å². The van der Waals surface area contributed by atoms with E-state index in [1.165, 1.54) is 15.4 Å². The van der Waals surface area contributed by atoms with Crippen molar-refractivity contribution in [2.45, 2.75) is 16.3 Å². The lowest BCUT2D eigenvalue weighted by atomic mass is 10.2. The third-order valence-corrected chi connectivity index (χ3v) is 3.87. The van der Waals surface area contributed by atoms with Crippen molar-refractivity contribution in [1.82, 2.24) is 5.32 Å². The van der Waals surface area contributed by atoms with Crippen molar-refractivity contribution < 1.29 is 4.74 Å². The van der Waals surface area contributed by atoms with Gasteiger partial charge in [0.05, 0.1) is 6.61 Å². The molecule has 2 aromatic rings. The number of benzene rings is 2. The van der Waals surface area contributed by atoms with Gasteiger partial charge in [0, 0.05) is 30.0 Å². The molecule has 0 saturated carbocycles. The van der Waals surface area contributed by atoms with Gasteiger partial charge >= 0.3 is 0 Å². The Bertz CT molecular complexity index is 487. The maximum Gasteiger partial charge on any atom is 0.0587 e. The fraction of sp³-hybridized carbons (Fsp3) is 0.250. The Morgan fingerprint density at radius 2 is 1.74 bits per heavy atom. The molecular formula is C16H19NOS. The fourth-order valence-corrected chi connectivity index (χ4v) is 2.73. The second-order valence-corrected chi connectivity index (χ2v) is 5.31. The van der Waals surface area contributed by atoms with Gasteiger partial charge in [-0.25, -0.2) is 0 Å². The third kappa shape index (κ3) is 4.71. The van der Waals surface area contributed by atoms with Gasteiger partial charge in [-0.2, -0.15) is 0 Å². The standard InChI is InChI=1S/C16H19NOS/c1-18-12-11-17-13-14-7-5-6-10-16(14)19-15-8-3-2-4-9-15/h2-10,17H,11-13H2,1H3. The summed E-state index contributed by atoms with van der Waals surface area (Å²) >= 11 is 1.81. The quantitative estimate of drug-likeness (QED) is 0.779. The smallest absolute Gasteiger partial charge is 0.0587 e. The zero-order valence-corrected chi connectivity index (χ0v) is 12.0. The molecule has 19 heavy (non-hydrogen) atoms. The average Bonchev–Trinajstić information content (AvgIpc) is 2.46. The predicted octanol–water partition coefficient (Wildman–Crippen LogP) is 3.57. The summed E-state index contributed by atoms with van der Waals surface area (Å²) in [5.74, 6) is 0. The lowest BCUT2D eigenvalue weighted by molar-refractivity contribution is 0.199. The number of hydrogen-bond acceptors (Lipinski definition) is 3. The van der Waals surface area contributed by atoms with Gasteiger partial charge in [-0.1, -0.05) is 48.2 Å². The molecule has 0 aliphatic rings. The molecule has 3 heteroatoms. The highest BCUT2D eigenvalue weighted by Crippen LogP contribution is 2.29. The zero-order chi connectivity index (χ0) is 13.3. The first-order chi connectivity index (χ1) is 9.40. The first-order valence-corrected chi connectivity index (χ1v) is 7.22. The van der Waals surface area contributed by atoms with Crippen LogP contribution >= 0.6 is 11.8 Å². The number of hydrogen-bond donors (Lipinski definition) is 1. The van der Waals surface area contributed by atoms with Crippen LogP contribution in [0.25, 0.3) is 0 Å². The summed E-state index contributed by atoms with van der Waals surface area (Å²) in [4.78, 5) is 2.57. The predicted molar refractivity (Wildman–Crippen MR) is 80.6 cm³/mol.